The molecule has 0 bridgehead atoms. The SMILES string of the molecule is CC(C)CN1CCOC(CNC(=O)CNC2(c3cccc(Br)c3)CCOCC2)C1. The number of nitrogens with zero attached hydrogens (tertiary/aromatic N) is 1. The van der Waals surface area contributed by atoms with E-state index in [1.165, 1.54) is 5.56 Å². The van der Waals surface area contributed by atoms with Crippen molar-refractivity contribution in [3.05, 3.63) is 34.3 Å². The number of carbonyl (C=O) groups excluding carboxylic acids is 1. The number of rotatable bonds is 8. The topological polar surface area (TPSA) is 62.8 Å². The first-order chi connectivity index (χ1) is 14.0. The first kappa shape index (κ1) is 22.7. The predicted molar refractivity (Wildman–Crippen MR) is 118 cm³/mol. The molecule has 0 aromatic heterocycles. The molecule has 0 aliphatic carbocycles. The van der Waals surface area contributed by atoms with Crippen LogP contribution < -0.4 is 10.6 Å². The molecule has 1 aromatic rings. The van der Waals surface area contributed by atoms with Gasteiger partial charge >= 0.3 is 0 Å². The monoisotopic (exact) mass is 467 g/mol. The molecule has 3 rings (SSSR count). The number of benzene rings is 1. The Bertz CT molecular complexity index is 664. The smallest absolute Gasteiger partial charge is 0.234 e. The summed E-state index contributed by atoms with van der Waals surface area (Å²) in [6.45, 7) is 10.4. The Morgan fingerprint density at radius 3 is 2.83 bits per heavy atom. The van der Waals surface area contributed by atoms with Crippen molar-refractivity contribution in [2.75, 3.05) is 52.5 Å². The van der Waals surface area contributed by atoms with Gasteiger partial charge in [0.25, 0.3) is 0 Å². The van der Waals surface area contributed by atoms with Crippen LogP contribution >= 0.6 is 15.9 Å². The van der Waals surface area contributed by atoms with Crippen molar-refractivity contribution in [2.24, 2.45) is 5.92 Å². The van der Waals surface area contributed by atoms with E-state index >= 15 is 0 Å². The van der Waals surface area contributed by atoms with E-state index in [4.69, 9.17) is 9.47 Å². The Morgan fingerprint density at radius 1 is 1.31 bits per heavy atom. The molecule has 0 radical (unpaired) electrons. The zero-order valence-electron chi connectivity index (χ0n) is 17.6. The predicted octanol–water partition coefficient (Wildman–Crippen LogP) is 2.52. The van der Waals surface area contributed by atoms with Gasteiger partial charge < -0.3 is 14.8 Å². The fourth-order valence-electron chi connectivity index (χ4n) is 4.20. The fourth-order valence-corrected chi connectivity index (χ4v) is 4.60. The molecule has 2 heterocycles. The zero-order chi connectivity index (χ0) is 20.7. The van der Waals surface area contributed by atoms with Crippen LogP contribution in [0.1, 0.15) is 32.3 Å². The molecule has 6 nitrogen and oxygen atoms in total. The summed E-state index contributed by atoms with van der Waals surface area (Å²) in [5, 5.41) is 6.59. The minimum Gasteiger partial charge on any atom is -0.381 e. The lowest BCUT2D eigenvalue weighted by atomic mass is 9.82. The molecular formula is C22H34BrN3O3. The summed E-state index contributed by atoms with van der Waals surface area (Å²) < 4.78 is 12.5. The lowest BCUT2D eigenvalue weighted by Crippen LogP contribution is -2.52. The maximum atomic E-state index is 12.5. The minimum atomic E-state index is -0.227. The number of morpholine rings is 1. The third-order valence-corrected chi connectivity index (χ3v) is 6.18. The van der Waals surface area contributed by atoms with Crippen molar-refractivity contribution < 1.29 is 14.3 Å². The number of halogens is 1. The summed E-state index contributed by atoms with van der Waals surface area (Å²) in [5.74, 6) is 0.650. The molecule has 162 valence electrons. The molecule has 1 atom stereocenters. The lowest BCUT2D eigenvalue weighted by Gasteiger charge is -2.39. The van der Waals surface area contributed by atoms with Crippen LogP contribution in [0.5, 0.6) is 0 Å². The molecule has 1 unspecified atom stereocenters. The summed E-state index contributed by atoms with van der Waals surface area (Å²) >= 11 is 3.57. The number of hydrogen-bond donors (Lipinski definition) is 2. The average molecular weight is 468 g/mol. The van der Waals surface area contributed by atoms with Crippen LogP contribution in [0.15, 0.2) is 28.7 Å². The Balaban J connectivity index is 1.50. The number of nitrogens with one attached hydrogen (secondary N) is 2. The van der Waals surface area contributed by atoms with Crippen LogP contribution in [0.2, 0.25) is 0 Å². The van der Waals surface area contributed by atoms with Gasteiger partial charge in [0.15, 0.2) is 0 Å². The quantitative estimate of drug-likeness (QED) is 0.614. The molecule has 1 aromatic carbocycles. The standard InChI is InChI=1S/C22H34BrN3O3/c1-17(2)15-26-8-11-29-20(16-26)13-24-21(27)14-25-22(6-9-28-10-7-22)18-4-3-5-19(23)12-18/h3-5,12,17,20,25H,6-11,13-16H2,1-2H3,(H,24,27). The second kappa shape index (κ2) is 10.9. The minimum absolute atomic E-state index is 0.00967. The molecular weight excluding hydrogens is 434 g/mol. The third kappa shape index (κ3) is 6.76. The van der Waals surface area contributed by atoms with Gasteiger partial charge in [-0.05, 0) is 36.5 Å². The molecule has 2 fully saturated rings. The third-order valence-electron chi connectivity index (χ3n) is 5.68. The molecule has 0 saturated carbocycles. The largest absolute Gasteiger partial charge is 0.381 e. The van der Waals surface area contributed by atoms with Gasteiger partial charge in [-0.15, -0.1) is 0 Å². The zero-order valence-corrected chi connectivity index (χ0v) is 19.2. The maximum absolute atomic E-state index is 12.5. The van der Waals surface area contributed by atoms with E-state index in [2.05, 4.69) is 57.4 Å². The molecule has 7 heteroatoms. The van der Waals surface area contributed by atoms with Gasteiger partial charge in [0.1, 0.15) is 0 Å². The molecule has 2 saturated heterocycles. The van der Waals surface area contributed by atoms with Crippen molar-refractivity contribution >= 4 is 21.8 Å². The summed E-state index contributed by atoms with van der Waals surface area (Å²) in [4.78, 5) is 15.0. The highest BCUT2D eigenvalue weighted by molar-refractivity contribution is 9.10. The highest BCUT2D eigenvalue weighted by atomic mass is 79.9. The van der Waals surface area contributed by atoms with Gasteiger partial charge in [-0.2, -0.15) is 0 Å². The molecule has 2 aliphatic rings. The first-order valence-corrected chi connectivity index (χ1v) is 11.5. The van der Waals surface area contributed by atoms with Crippen molar-refractivity contribution in [1.29, 1.82) is 0 Å². The summed E-state index contributed by atoms with van der Waals surface area (Å²) in [7, 11) is 0. The Labute approximate surface area is 182 Å². The highest BCUT2D eigenvalue weighted by Crippen LogP contribution is 2.33. The Morgan fingerprint density at radius 2 is 2.10 bits per heavy atom. The number of amides is 1. The van der Waals surface area contributed by atoms with E-state index in [9.17, 15) is 4.79 Å². The van der Waals surface area contributed by atoms with Crippen LogP contribution in [-0.4, -0.2) is 69.5 Å². The highest BCUT2D eigenvalue weighted by Gasteiger charge is 2.34. The molecule has 2 N–H and O–H groups in total. The van der Waals surface area contributed by atoms with E-state index in [1.54, 1.807) is 0 Å². The van der Waals surface area contributed by atoms with Crippen LogP contribution in [0, 0.1) is 5.92 Å². The first-order valence-electron chi connectivity index (χ1n) is 10.7. The fraction of sp³-hybridized carbons (Fsp3) is 0.682. The van der Waals surface area contributed by atoms with Crippen molar-refractivity contribution in [3.63, 3.8) is 0 Å². The molecule has 1 amide bonds. The van der Waals surface area contributed by atoms with Gasteiger partial charge in [-0.3, -0.25) is 15.0 Å². The van der Waals surface area contributed by atoms with Crippen molar-refractivity contribution in [2.45, 2.75) is 38.3 Å². The van der Waals surface area contributed by atoms with Gasteiger partial charge in [0, 0.05) is 49.4 Å². The number of hydrogen-bond acceptors (Lipinski definition) is 5. The Hall–Kier alpha value is -0.990. The van der Waals surface area contributed by atoms with Crippen LogP contribution in [0.25, 0.3) is 0 Å². The lowest BCUT2D eigenvalue weighted by molar-refractivity contribution is -0.122. The van der Waals surface area contributed by atoms with Crippen molar-refractivity contribution in [3.8, 4) is 0 Å². The van der Waals surface area contributed by atoms with Crippen LogP contribution in [0.3, 0.4) is 0 Å². The summed E-state index contributed by atoms with van der Waals surface area (Å²) in [6, 6.07) is 8.33. The number of carbonyl (C=O) groups is 1. The molecule has 0 spiro atoms. The van der Waals surface area contributed by atoms with E-state index in [-0.39, 0.29) is 24.1 Å². The van der Waals surface area contributed by atoms with Gasteiger partial charge in [-0.25, -0.2) is 0 Å². The molecule has 29 heavy (non-hydrogen) atoms. The normalized spacial score (nSPS) is 22.6. The van der Waals surface area contributed by atoms with E-state index in [0.717, 1.165) is 43.6 Å². The van der Waals surface area contributed by atoms with Gasteiger partial charge in [-0.1, -0.05) is 41.9 Å². The van der Waals surface area contributed by atoms with Gasteiger partial charge in [0.05, 0.1) is 19.3 Å². The average Bonchev–Trinajstić information content (AvgIpc) is 2.71. The second-order valence-corrected chi connectivity index (χ2v) is 9.42. The van der Waals surface area contributed by atoms with E-state index in [1.807, 2.05) is 12.1 Å². The van der Waals surface area contributed by atoms with E-state index in [0.29, 0.717) is 25.7 Å². The summed E-state index contributed by atoms with van der Waals surface area (Å²) in [5.41, 5.74) is 0.970. The van der Waals surface area contributed by atoms with Crippen LogP contribution in [0.4, 0.5) is 0 Å². The maximum Gasteiger partial charge on any atom is 0.234 e. The Kier molecular flexibility index (Phi) is 8.50. The second-order valence-electron chi connectivity index (χ2n) is 8.51. The van der Waals surface area contributed by atoms with E-state index < -0.39 is 0 Å². The number of ether oxygens (including phenoxy) is 2. The van der Waals surface area contributed by atoms with Gasteiger partial charge in [0.2, 0.25) is 5.91 Å². The van der Waals surface area contributed by atoms with Crippen molar-refractivity contribution in [1.82, 2.24) is 15.5 Å². The molecule has 2 aliphatic heterocycles. The van der Waals surface area contributed by atoms with Crippen LogP contribution in [-0.2, 0) is 19.8 Å². The summed E-state index contributed by atoms with van der Waals surface area (Å²) in [6.07, 6.45) is 1.77.